The van der Waals surface area contributed by atoms with Gasteiger partial charge in [0.1, 0.15) is 11.5 Å². The molecular weight excluding hydrogens is 985 g/mol. The van der Waals surface area contributed by atoms with Crippen LogP contribution in [0.4, 0.5) is 0 Å². The van der Waals surface area contributed by atoms with Crippen molar-refractivity contribution in [3.8, 4) is 11.5 Å². The van der Waals surface area contributed by atoms with Crippen molar-refractivity contribution in [1.29, 1.82) is 0 Å². The topological polar surface area (TPSA) is 52.6 Å². The molecule has 0 spiro atoms. The summed E-state index contributed by atoms with van der Waals surface area (Å²) in [4.78, 5) is 34.5. The summed E-state index contributed by atoms with van der Waals surface area (Å²) in [5.74, 6) is 0.936. The molecule has 0 aliphatic heterocycles. The van der Waals surface area contributed by atoms with Crippen molar-refractivity contribution in [2.24, 2.45) is 0 Å². The van der Waals surface area contributed by atoms with Gasteiger partial charge in [-0.3, -0.25) is 9.59 Å². The van der Waals surface area contributed by atoms with Gasteiger partial charge in [0.15, 0.2) is 0 Å². The SMILES string of the molecule is O=C(CCCCCCCCC/C=C/CCCCCC/C=C/CCCCCCCCCC(=O)Oc1cc(Sc2ccccc2)cc(Sc2ccccc2)c1)Oc1cc(Sc2ccccc2)cc(Sc2ccccc2)c1. The first kappa shape index (κ1) is 58.4. The summed E-state index contributed by atoms with van der Waals surface area (Å²) < 4.78 is 11.8. The molecule has 0 N–H and O–H groups in total. The standard InChI is InChI=1S/C66H78O4S4/c67-65(69-55-49-61(71-57-39-29-25-30-40-57)53-62(50-55)72-58-41-31-26-32-42-58)47-37-23-21-19-17-15-13-11-9-7-5-3-1-2-4-6-8-10-12-14-16-18-20-22-24-38-48-66(68)70-56-51-63(73-59-43-33-27-34-44-59)54-64(52-56)74-60-45-35-28-36-46-60/h7-10,25-36,39-46,49-54H,1-6,11-24,37-38,47-48H2/b9-7+,10-8+. The Morgan fingerprint density at radius 2 is 0.514 bits per heavy atom. The largest absolute Gasteiger partial charge is 0.426 e. The van der Waals surface area contributed by atoms with Gasteiger partial charge in [-0.2, -0.15) is 0 Å². The average Bonchev–Trinajstić information content (AvgIpc) is 3.40. The second-order valence-corrected chi connectivity index (χ2v) is 23.4. The third kappa shape index (κ3) is 26.1. The van der Waals surface area contributed by atoms with E-state index in [9.17, 15) is 9.59 Å². The Bertz CT molecular complexity index is 2220. The lowest BCUT2D eigenvalue weighted by atomic mass is 10.1. The maximum atomic E-state index is 12.8. The molecule has 0 aromatic heterocycles. The molecule has 0 aliphatic rings. The van der Waals surface area contributed by atoms with Crippen molar-refractivity contribution in [2.45, 2.75) is 193 Å². The smallest absolute Gasteiger partial charge is 0.311 e. The summed E-state index contributed by atoms with van der Waals surface area (Å²) in [6, 6.07) is 53.5. The van der Waals surface area contributed by atoms with Crippen molar-refractivity contribution in [3.63, 3.8) is 0 Å². The van der Waals surface area contributed by atoms with Gasteiger partial charge in [0.25, 0.3) is 0 Å². The fraction of sp³-hybridized carbons (Fsp3) is 0.364. The summed E-state index contributed by atoms with van der Waals surface area (Å²) >= 11 is 6.73. The second kappa shape index (κ2) is 37.0. The number of allylic oxidation sites excluding steroid dienone is 4. The zero-order chi connectivity index (χ0) is 51.4. The van der Waals surface area contributed by atoms with E-state index in [1.54, 1.807) is 47.0 Å². The van der Waals surface area contributed by atoms with Gasteiger partial charge in [0, 0.05) is 52.0 Å². The van der Waals surface area contributed by atoms with Gasteiger partial charge in [-0.1, -0.05) is 221 Å². The van der Waals surface area contributed by atoms with Crippen molar-refractivity contribution >= 4 is 59.0 Å². The van der Waals surface area contributed by atoms with Gasteiger partial charge in [-0.25, -0.2) is 0 Å². The van der Waals surface area contributed by atoms with Gasteiger partial charge in [-0.05, 0) is 149 Å². The molecule has 0 unspecified atom stereocenters. The Labute approximate surface area is 461 Å². The number of hydrogen-bond acceptors (Lipinski definition) is 8. The highest BCUT2D eigenvalue weighted by atomic mass is 32.2. The van der Waals surface area contributed by atoms with Crippen molar-refractivity contribution < 1.29 is 19.1 Å². The van der Waals surface area contributed by atoms with Gasteiger partial charge < -0.3 is 9.47 Å². The number of unbranched alkanes of at least 4 members (excludes halogenated alkanes) is 19. The van der Waals surface area contributed by atoms with E-state index in [1.165, 1.54) is 116 Å². The monoisotopic (exact) mass is 1060 g/mol. The van der Waals surface area contributed by atoms with E-state index >= 15 is 0 Å². The maximum Gasteiger partial charge on any atom is 0.311 e. The van der Waals surface area contributed by atoms with E-state index < -0.39 is 0 Å². The molecule has 6 aromatic carbocycles. The molecular formula is C66H78O4S4. The van der Waals surface area contributed by atoms with Crippen LogP contribution < -0.4 is 9.47 Å². The van der Waals surface area contributed by atoms with Crippen LogP contribution in [-0.2, 0) is 9.59 Å². The number of ether oxygens (including phenoxy) is 2. The maximum absolute atomic E-state index is 12.8. The molecule has 0 radical (unpaired) electrons. The lowest BCUT2D eigenvalue weighted by molar-refractivity contribution is -0.135. The summed E-state index contributed by atoms with van der Waals surface area (Å²) in [6.07, 6.45) is 36.9. The predicted molar refractivity (Wildman–Crippen MR) is 316 cm³/mol. The number of hydrogen-bond donors (Lipinski definition) is 0. The van der Waals surface area contributed by atoms with Crippen LogP contribution in [0.15, 0.2) is 221 Å². The lowest BCUT2D eigenvalue weighted by Gasteiger charge is -2.10. The minimum atomic E-state index is -0.148. The third-order valence-electron chi connectivity index (χ3n) is 12.4. The Balaban J connectivity index is 0.686. The summed E-state index contributed by atoms with van der Waals surface area (Å²) in [5, 5.41) is 0. The molecule has 0 fully saturated rings. The molecule has 0 amide bonds. The lowest BCUT2D eigenvalue weighted by Crippen LogP contribution is -2.07. The molecule has 0 saturated heterocycles. The predicted octanol–water partition coefficient (Wildman–Crippen LogP) is 21.3. The first-order valence-corrected chi connectivity index (χ1v) is 30.7. The first-order valence-electron chi connectivity index (χ1n) is 27.5. The first-order chi connectivity index (χ1) is 36.5. The van der Waals surface area contributed by atoms with E-state index in [0.717, 1.165) is 64.8 Å². The fourth-order valence-corrected chi connectivity index (χ4v) is 12.3. The molecule has 8 heteroatoms. The van der Waals surface area contributed by atoms with Crippen molar-refractivity contribution in [1.82, 2.24) is 0 Å². The van der Waals surface area contributed by atoms with Crippen LogP contribution in [0.5, 0.6) is 11.5 Å². The summed E-state index contributed by atoms with van der Waals surface area (Å²) in [7, 11) is 0. The van der Waals surface area contributed by atoms with E-state index in [1.807, 2.05) is 97.1 Å². The van der Waals surface area contributed by atoms with Crippen LogP contribution in [0.2, 0.25) is 0 Å². The minimum Gasteiger partial charge on any atom is -0.426 e. The molecule has 6 aromatic rings. The van der Waals surface area contributed by atoms with E-state index in [4.69, 9.17) is 9.47 Å². The Hall–Kier alpha value is -4.86. The molecule has 4 nitrogen and oxygen atoms in total. The van der Waals surface area contributed by atoms with Crippen molar-refractivity contribution in [3.05, 3.63) is 182 Å². The van der Waals surface area contributed by atoms with Gasteiger partial charge in [0.2, 0.25) is 0 Å². The molecule has 0 atom stereocenters. The highest BCUT2D eigenvalue weighted by molar-refractivity contribution is 8.00. The van der Waals surface area contributed by atoms with Gasteiger partial charge in [0.05, 0.1) is 0 Å². The second-order valence-electron chi connectivity index (χ2n) is 18.9. The third-order valence-corrected chi connectivity index (χ3v) is 16.3. The fourth-order valence-electron chi connectivity index (χ4n) is 8.49. The molecule has 0 heterocycles. The highest BCUT2D eigenvalue weighted by Gasteiger charge is 2.12. The average molecular weight is 1060 g/mol. The quantitative estimate of drug-likeness (QED) is 0.0166. The number of benzene rings is 6. The van der Waals surface area contributed by atoms with E-state index in [0.29, 0.717) is 24.3 Å². The minimum absolute atomic E-state index is 0.148. The highest BCUT2D eigenvalue weighted by Crippen LogP contribution is 2.39. The van der Waals surface area contributed by atoms with Crippen molar-refractivity contribution in [2.75, 3.05) is 0 Å². The van der Waals surface area contributed by atoms with Crippen LogP contribution in [0.25, 0.3) is 0 Å². The molecule has 0 saturated carbocycles. The molecule has 0 bridgehead atoms. The van der Waals surface area contributed by atoms with E-state index in [2.05, 4.69) is 85.0 Å². The number of esters is 2. The Morgan fingerprint density at radius 1 is 0.284 bits per heavy atom. The van der Waals surface area contributed by atoms with E-state index in [-0.39, 0.29) is 11.9 Å². The molecule has 390 valence electrons. The zero-order valence-electron chi connectivity index (χ0n) is 43.6. The summed E-state index contributed by atoms with van der Waals surface area (Å²) in [6.45, 7) is 0. The van der Waals surface area contributed by atoms with Gasteiger partial charge in [-0.15, -0.1) is 0 Å². The Kier molecular flexibility index (Phi) is 29.2. The molecule has 6 rings (SSSR count). The molecule has 0 aliphatic carbocycles. The van der Waals surface area contributed by atoms with Crippen LogP contribution >= 0.6 is 47.0 Å². The normalized spacial score (nSPS) is 11.4. The summed E-state index contributed by atoms with van der Waals surface area (Å²) in [5.41, 5.74) is 0. The Morgan fingerprint density at radius 3 is 0.770 bits per heavy atom. The number of rotatable bonds is 37. The van der Waals surface area contributed by atoms with Crippen LogP contribution in [-0.4, -0.2) is 11.9 Å². The number of carbonyl (C=O) groups is 2. The van der Waals surface area contributed by atoms with Crippen LogP contribution in [0.3, 0.4) is 0 Å². The number of carbonyl (C=O) groups excluding carboxylic acids is 2. The molecule has 74 heavy (non-hydrogen) atoms. The van der Waals surface area contributed by atoms with Gasteiger partial charge >= 0.3 is 11.9 Å². The zero-order valence-corrected chi connectivity index (χ0v) is 46.8. The van der Waals surface area contributed by atoms with Crippen LogP contribution in [0, 0.1) is 0 Å². The van der Waals surface area contributed by atoms with Crippen LogP contribution in [0.1, 0.15) is 154 Å².